The van der Waals surface area contributed by atoms with Crippen molar-refractivity contribution >= 4 is 103 Å². The third-order valence-electron chi connectivity index (χ3n) is 0. The van der Waals surface area contributed by atoms with Gasteiger partial charge in [-0.05, 0) is 0 Å². The second-order valence-electron chi connectivity index (χ2n) is 0. The molecule has 0 spiro atoms. The summed E-state index contributed by atoms with van der Waals surface area (Å²) in [7, 11) is 0. The molecule has 0 rings (SSSR count). The molecule has 0 fully saturated rings. The molecule has 0 saturated heterocycles. The molecule has 0 nitrogen and oxygen atoms in total. The quantitative estimate of drug-likeness (QED) is 0.239. The molecule has 0 aliphatic rings. The van der Waals surface area contributed by atoms with Gasteiger partial charge in [-0.25, -0.2) is 0 Å². The summed E-state index contributed by atoms with van der Waals surface area (Å²) in [5.41, 5.74) is 0. The molecule has 0 unspecified atom stereocenters. The van der Waals surface area contributed by atoms with E-state index in [-0.39, 0.29) is 148 Å². The van der Waals surface area contributed by atoms with Crippen LogP contribution in [-0.2, 0) is 44.4 Å². The molecule has 7 heavy (non-hydrogen) atoms. The van der Waals surface area contributed by atoms with Crippen LogP contribution in [0.5, 0.6) is 0 Å². The van der Waals surface area contributed by atoms with Gasteiger partial charge in [0.15, 0.2) is 0 Å². The maximum Gasteiger partial charge on any atom is 0 e. The van der Waals surface area contributed by atoms with E-state index in [1.54, 1.807) is 0 Å². The van der Waals surface area contributed by atoms with Crippen molar-refractivity contribution in [1.29, 1.82) is 0 Å². The van der Waals surface area contributed by atoms with Crippen molar-refractivity contribution in [1.82, 2.24) is 0 Å². The topological polar surface area (TPSA) is 0 Å². The Labute approximate surface area is 144 Å². The Hall–Kier alpha value is 4.78. The average Bonchev–Trinajstić information content (AvgIpc) is 0. The first kappa shape index (κ1) is 59.9. The Morgan fingerprint density at radius 1 is 0.857 bits per heavy atom. The molecule has 0 N–H and O–H groups in total. The number of rotatable bonds is 0. The zero-order valence-electron chi connectivity index (χ0n) is 2.23. The van der Waals surface area contributed by atoms with Gasteiger partial charge in [-0.15, -0.1) is 0 Å². The van der Waals surface area contributed by atoms with E-state index in [2.05, 4.69) is 0 Å². The molecule has 0 saturated carbocycles. The molecule has 7 heteroatoms. The fourth-order valence-electron chi connectivity index (χ4n) is 0. The average molecular weight is 652 g/mol. The summed E-state index contributed by atoms with van der Waals surface area (Å²) in [4.78, 5) is 0. The molecule has 0 aromatic carbocycles. The Bertz CT molecular complexity index is 17.7. The predicted octanol–water partition coefficient (Wildman–Crippen LogP) is -3.52. The Kier molecular flexibility index (Phi) is 387. The van der Waals surface area contributed by atoms with Crippen LogP contribution in [0.1, 0.15) is 0 Å². The summed E-state index contributed by atoms with van der Waals surface area (Å²) >= 11 is 0. The first-order valence-electron chi connectivity index (χ1n) is 0. The molecule has 0 aliphatic carbocycles. The third-order valence-corrected chi connectivity index (χ3v) is 0. The van der Waals surface area contributed by atoms with Crippen LogP contribution < -0.4 is 0 Å². The monoisotopic (exact) mass is 656 g/mol. The van der Waals surface area contributed by atoms with E-state index < -0.39 is 0 Å². The van der Waals surface area contributed by atoms with Gasteiger partial charge in [0.25, 0.3) is 0 Å². The van der Waals surface area contributed by atoms with E-state index in [0.717, 1.165) is 0 Å². The van der Waals surface area contributed by atoms with Crippen LogP contribution in [0, 0.1) is 0 Å². The zero-order chi connectivity index (χ0) is 0. The van der Waals surface area contributed by atoms with E-state index in [1.165, 1.54) is 0 Å². The molecule has 0 aromatic rings. The van der Waals surface area contributed by atoms with Crippen molar-refractivity contribution < 1.29 is 44.4 Å². The second-order valence-corrected chi connectivity index (χ2v) is 0. The van der Waals surface area contributed by atoms with E-state index in [4.69, 9.17) is 0 Å². The minimum absolute atomic E-state index is 0. The Balaban J connectivity index is 0. The van der Waals surface area contributed by atoms with Gasteiger partial charge >= 0.3 is 45.6 Å². The van der Waals surface area contributed by atoms with Gasteiger partial charge in [0.05, 0.1) is 0 Å². The van der Waals surface area contributed by atoms with E-state index in [9.17, 15) is 0 Å². The summed E-state index contributed by atoms with van der Waals surface area (Å²) in [6, 6.07) is 0. The van der Waals surface area contributed by atoms with Gasteiger partial charge in [0.2, 0.25) is 0 Å². The fraction of sp³-hybridized carbons (Fsp3) is 0. The van der Waals surface area contributed by atoms with Crippen LogP contribution in [0.25, 0.3) is 0 Å². The summed E-state index contributed by atoms with van der Waals surface area (Å²) < 4.78 is 0. The minimum atomic E-state index is 0. The smallest absolute Gasteiger partial charge is 0 e. The van der Waals surface area contributed by atoms with Crippen molar-refractivity contribution in [2.75, 3.05) is 0 Å². The van der Waals surface area contributed by atoms with Gasteiger partial charge in [-0.3, -0.25) is 0 Å². The van der Waals surface area contributed by atoms with Crippen molar-refractivity contribution in [2.24, 2.45) is 0 Å². The first-order chi connectivity index (χ1) is 0. The summed E-state index contributed by atoms with van der Waals surface area (Å²) in [5, 5.41) is 0. The second kappa shape index (κ2) is 45.1. The maximum absolute atomic E-state index is 0. The van der Waals surface area contributed by atoms with Crippen molar-refractivity contribution in [2.45, 2.75) is 0 Å². The summed E-state index contributed by atoms with van der Waals surface area (Å²) in [5.74, 6) is 0. The van der Waals surface area contributed by atoms with Crippen molar-refractivity contribution in [3.8, 4) is 0 Å². The first-order valence-corrected chi connectivity index (χ1v) is 0. The van der Waals surface area contributed by atoms with Gasteiger partial charge < -0.3 is 0 Å². The summed E-state index contributed by atoms with van der Waals surface area (Å²) in [6.07, 6.45) is 0. The van der Waals surface area contributed by atoms with Crippen LogP contribution >= 0.6 is 0 Å². The van der Waals surface area contributed by atoms with Crippen molar-refractivity contribution in [3.63, 3.8) is 0 Å². The zero-order valence-corrected chi connectivity index (χ0v) is 13.0. The number of hydrogen-bond donors (Lipinski definition) is 0. The number of hydrogen-bond acceptors (Lipinski definition) is 0. The Morgan fingerprint density at radius 2 is 0.857 bits per heavy atom. The SMILES string of the molecule is [Cd].[Cu].[GaH3].[InH3].[Se].[Se].[Te]. The van der Waals surface area contributed by atoms with Crippen LogP contribution in [-0.4, -0.2) is 103 Å². The normalized spacial score (nSPS) is 0. The summed E-state index contributed by atoms with van der Waals surface area (Å²) in [6.45, 7) is 0. The fourth-order valence-corrected chi connectivity index (χ4v) is 0. The third kappa shape index (κ3) is 36.4. The van der Waals surface area contributed by atoms with E-state index in [0.29, 0.717) is 0 Å². The van der Waals surface area contributed by atoms with Crippen LogP contribution in [0.15, 0.2) is 0 Å². The molecular weight excluding hydrogens is 646 g/mol. The minimum Gasteiger partial charge on any atom is 0 e. The molecule has 0 atom stereocenters. The van der Waals surface area contributed by atoms with Gasteiger partial charge in [0.1, 0.15) is 0 Å². The van der Waals surface area contributed by atoms with Gasteiger partial charge in [0, 0.05) is 102 Å². The molecular formula is H6CdCuGaInSe2Te. The van der Waals surface area contributed by atoms with Crippen molar-refractivity contribution in [3.05, 3.63) is 0 Å². The molecule has 7 radical (unpaired) electrons. The van der Waals surface area contributed by atoms with E-state index in [1.807, 2.05) is 0 Å². The molecule has 0 bridgehead atoms. The largest absolute Gasteiger partial charge is 0 e. The Morgan fingerprint density at radius 3 is 0.857 bits per heavy atom. The molecule has 0 aliphatic heterocycles. The molecule has 0 aromatic heterocycles. The van der Waals surface area contributed by atoms with Gasteiger partial charge in [-0.1, -0.05) is 0 Å². The predicted molar refractivity (Wildman–Crippen MR) is 37.1 cm³/mol. The molecule has 0 amide bonds. The van der Waals surface area contributed by atoms with Crippen LogP contribution in [0.4, 0.5) is 0 Å². The van der Waals surface area contributed by atoms with Crippen LogP contribution in [0.3, 0.4) is 0 Å². The molecule has 0 heterocycles. The maximum atomic E-state index is 0. The standard InChI is InChI=1S/Cd.Cu.Ga.In.2Se.Te.6H. The van der Waals surface area contributed by atoms with Crippen LogP contribution in [0.2, 0.25) is 0 Å². The van der Waals surface area contributed by atoms with Gasteiger partial charge in [-0.2, -0.15) is 0 Å². The van der Waals surface area contributed by atoms with E-state index >= 15 is 0 Å². The molecule has 43 valence electrons.